The molecule has 1 aliphatic rings. The van der Waals surface area contributed by atoms with Gasteiger partial charge in [0.15, 0.2) is 0 Å². The Labute approximate surface area is 184 Å². The van der Waals surface area contributed by atoms with E-state index >= 15 is 0 Å². The molecule has 0 saturated carbocycles. The second-order valence-electron chi connectivity index (χ2n) is 8.66. The smallest absolute Gasteiger partial charge is 0.254 e. The predicted octanol–water partition coefficient (Wildman–Crippen LogP) is 3.24. The quantitative estimate of drug-likeness (QED) is 0.663. The van der Waals surface area contributed by atoms with E-state index in [1.54, 1.807) is 0 Å². The molecule has 2 aromatic heterocycles. The Morgan fingerprint density at radius 2 is 1.94 bits per heavy atom. The van der Waals surface area contributed by atoms with Gasteiger partial charge in [0.2, 0.25) is 0 Å². The summed E-state index contributed by atoms with van der Waals surface area (Å²) < 4.78 is 0. The highest BCUT2D eigenvalue weighted by atomic mass is 16.2. The molecule has 7 heteroatoms. The lowest BCUT2D eigenvalue weighted by Crippen LogP contribution is -2.49. The van der Waals surface area contributed by atoms with Gasteiger partial charge in [-0.2, -0.15) is 0 Å². The first kappa shape index (κ1) is 21.3. The molecule has 4 rings (SSSR count). The number of hydrogen-bond donors (Lipinski definition) is 1. The summed E-state index contributed by atoms with van der Waals surface area (Å²) in [6, 6.07) is 8.14. The van der Waals surface area contributed by atoms with Crippen molar-refractivity contribution in [3.8, 4) is 0 Å². The lowest BCUT2D eigenvalue weighted by molar-refractivity contribution is 0.0746. The van der Waals surface area contributed by atoms with Crippen LogP contribution in [0.5, 0.6) is 0 Å². The summed E-state index contributed by atoms with van der Waals surface area (Å²) >= 11 is 0. The van der Waals surface area contributed by atoms with Gasteiger partial charge in [-0.1, -0.05) is 13.0 Å². The van der Waals surface area contributed by atoms with Crippen LogP contribution in [-0.4, -0.2) is 70.9 Å². The number of amides is 1. The maximum atomic E-state index is 13.2. The van der Waals surface area contributed by atoms with Gasteiger partial charge in [-0.05, 0) is 56.8 Å². The van der Waals surface area contributed by atoms with E-state index in [-0.39, 0.29) is 5.91 Å². The van der Waals surface area contributed by atoms with Crippen LogP contribution in [0.3, 0.4) is 0 Å². The molecule has 1 saturated heterocycles. The Hall–Kier alpha value is -2.93. The monoisotopic (exact) mass is 420 g/mol. The number of H-pyrrole nitrogens is 1. The summed E-state index contributed by atoms with van der Waals surface area (Å²) in [7, 11) is 4.11. The number of pyridine rings is 1. The Morgan fingerprint density at radius 3 is 2.58 bits per heavy atom. The minimum atomic E-state index is 0.0885. The number of aromatic amines is 1. The number of carbonyl (C=O) groups is 1. The fourth-order valence-corrected chi connectivity index (χ4v) is 4.20. The molecule has 164 valence electrons. The van der Waals surface area contributed by atoms with Gasteiger partial charge in [-0.25, -0.2) is 9.97 Å². The SMILES string of the molecule is CCCc1nc2c(C)cc(C(=O)N3CCN(c4ccc(CN(C)C)cn4)CC3)cc2[nH]1. The molecule has 0 spiro atoms. The molecule has 1 aromatic carbocycles. The van der Waals surface area contributed by atoms with E-state index in [1.165, 1.54) is 5.56 Å². The van der Waals surface area contributed by atoms with Crippen LogP contribution in [0.4, 0.5) is 5.82 Å². The van der Waals surface area contributed by atoms with Gasteiger partial charge in [0.1, 0.15) is 11.6 Å². The lowest BCUT2D eigenvalue weighted by Gasteiger charge is -2.35. The number of imidazole rings is 1. The average Bonchev–Trinajstić information content (AvgIpc) is 3.17. The lowest BCUT2D eigenvalue weighted by atomic mass is 10.1. The number of fused-ring (bicyclic) bond motifs is 1. The number of nitrogens with zero attached hydrogens (tertiary/aromatic N) is 5. The zero-order valence-corrected chi connectivity index (χ0v) is 19.0. The zero-order valence-electron chi connectivity index (χ0n) is 19.0. The maximum absolute atomic E-state index is 13.2. The molecule has 0 bridgehead atoms. The molecule has 1 N–H and O–H groups in total. The Balaban J connectivity index is 1.42. The largest absolute Gasteiger partial charge is 0.353 e. The van der Waals surface area contributed by atoms with Crippen molar-refractivity contribution in [1.82, 2.24) is 24.8 Å². The summed E-state index contributed by atoms with van der Waals surface area (Å²) in [5.41, 5.74) is 4.90. The maximum Gasteiger partial charge on any atom is 0.254 e. The fraction of sp³-hybridized carbons (Fsp3) is 0.458. The van der Waals surface area contributed by atoms with Gasteiger partial charge < -0.3 is 19.7 Å². The van der Waals surface area contributed by atoms with E-state index in [2.05, 4.69) is 57.9 Å². The van der Waals surface area contributed by atoms with Crippen LogP contribution in [0, 0.1) is 6.92 Å². The Morgan fingerprint density at radius 1 is 1.16 bits per heavy atom. The fourth-order valence-electron chi connectivity index (χ4n) is 4.20. The average molecular weight is 421 g/mol. The molecule has 31 heavy (non-hydrogen) atoms. The molecule has 0 aliphatic carbocycles. The van der Waals surface area contributed by atoms with Crippen LogP contribution in [0.2, 0.25) is 0 Å². The number of hydrogen-bond acceptors (Lipinski definition) is 5. The van der Waals surface area contributed by atoms with Crippen LogP contribution >= 0.6 is 0 Å². The first-order valence-electron chi connectivity index (χ1n) is 11.1. The van der Waals surface area contributed by atoms with Crippen molar-refractivity contribution in [1.29, 1.82) is 0 Å². The van der Waals surface area contributed by atoms with Gasteiger partial charge in [0.05, 0.1) is 11.0 Å². The topological polar surface area (TPSA) is 68.4 Å². The highest BCUT2D eigenvalue weighted by Crippen LogP contribution is 2.22. The molecule has 0 atom stereocenters. The summed E-state index contributed by atoms with van der Waals surface area (Å²) in [5.74, 6) is 2.06. The molecule has 1 aliphatic heterocycles. The van der Waals surface area contributed by atoms with Gasteiger partial charge in [0, 0.05) is 50.9 Å². The number of aryl methyl sites for hydroxylation is 2. The number of aromatic nitrogens is 3. The van der Waals surface area contributed by atoms with E-state index in [4.69, 9.17) is 0 Å². The van der Waals surface area contributed by atoms with Crippen molar-refractivity contribution < 1.29 is 4.79 Å². The minimum Gasteiger partial charge on any atom is -0.353 e. The van der Waals surface area contributed by atoms with Crippen molar-refractivity contribution in [3.63, 3.8) is 0 Å². The summed E-state index contributed by atoms with van der Waals surface area (Å²) in [5, 5.41) is 0. The summed E-state index contributed by atoms with van der Waals surface area (Å²) in [4.78, 5) is 32.2. The standard InChI is InChI=1S/C24H32N6O/c1-5-6-21-26-20-14-19(13-17(2)23(20)27-21)24(31)30-11-9-29(10-12-30)22-8-7-18(15-25-22)16-28(3)4/h7-8,13-15H,5-6,9-12,16H2,1-4H3,(H,26,27). The van der Waals surface area contributed by atoms with Crippen molar-refractivity contribution in [2.75, 3.05) is 45.2 Å². The third kappa shape index (κ3) is 4.71. The van der Waals surface area contributed by atoms with Gasteiger partial charge >= 0.3 is 0 Å². The highest BCUT2D eigenvalue weighted by molar-refractivity contribution is 5.98. The Bertz CT molecular complexity index is 1050. The van der Waals surface area contributed by atoms with E-state index < -0.39 is 0 Å². The van der Waals surface area contributed by atoms with Crippen LogP contribution in [0.25, 0.3) is 11.0 Å². The number of nitrogens with one attached hydrogen (secondary N) is 1. The summed E-state index contributed by atoms with van der Waals surface area (Å²) in [6.07, 6.45) is 3.91. The first-order valence-corrected chi connectivity index (χ1v) is 11.1. The number of piperazine rings is 1. The highest BCUT2D eigenvalue weighted by Gasteiger charge is 2.24. The van der Waals surface area contributed by atoms with E-state index in [1.807, 2.05) is 30.2 Å². The second kappa shape index (κ2) is 9.06. The van der Waals surface area contributed by atoms with Crippen LogP contribution in [-0.2, 0) is 13.0 Å². The Kier molecular flexibility index (Phi) is 6.23. The summed E-state index contributed by atoms with van der Waals surface area (Å²) in [6.45, 7) is 8.02. The molecular formula is C24H32N6O. The molecule has 1 amide bonds. The van der Waals surface area contributed by atoms with Crippen molar-refractivity contribution >= 4 is 22.8 Å². The van der Waals surface area contributed by atoms with E-state index in [0.29, 0.717) is 13.1 Å². The first-order chi connectivity index (χ1) is 14.9. The normalized spacial score (nSPS) is 14.6. The van der Waals surface area contributed by atoms with Gasteiger partial charge in [-0.3, -0.25) is 4.79 Å². The minimum absolute atomic E-state index is 0.0885. The van der Waals surface area contributed by atoms with Gasteiger partial charge in [-0.15, -0.1) is 0 Å². The zero-order chi connectivity index (χ0) is 22.0. The number of carbonyl (C=O) groups excluding carboxylic acids is 1. The third-order valence-corrected chi connectivity index (χ3v) is 5.76. The van der Waals surface area contributed by atoms with Gasteiger partial charge in [0.25, 0.3) is 5.91 Å². The third-order valence-electron chi connectivity index (χ3n) is 5.76. The molecule has 0 radical (unpaired) electrons. The van der Waals surface area contributed by atoms with Crippen molar-refractivity contribution in [2.24, 2.45) is 0 Å². The number of benzene rings is 1. The van der Waals surface area contributed by atoms with Crippen LogP contribution < -0.4 is 4.90 Å². The van der Waals surface area contributed by atoms with E-state index in [9.17, 15) is 4.79 Å². The molecule has 3 aromatic rings. The van der Waals surface area contributed by atoms with Crippen LogP contribution in [0.15, 0.2) is 30.5 Å². The molecular weight excluding hydrogens is 388 g/mol. The molecule has 3 heterocycles. The molecule has 1 fully saturated rings. The predicted molar refractivity (Wildman–Crippen MR) is 125 cm³/mol. The van der Waals surface area contributed by atoms with Crippen molar-refractivity contribution in [3.05, 3.63) is 53.0 Å². The van der Waals surface area contributed by atoms with E-state index in [0.717, 1.165) is 66.3 Å². The molecule has 0 unspecified atom stereocenters. The number of rotatable bonds is 6. The van der Waals surface area contributed by atoms with Crippen LogP contribution in [0.1, 0.15) is 40.7 Å². The number of anilines is 1. The molecule has 7 nitrogen and oxygen atoms in total. The van der Waals surface area contributed by atoms with Crippen molar-refractivity contribution in [2.45, 2.75) is 33.2 Å². The second-order valence-corrected chi connectivity index (χ2v) is 8.66.